The minimum Gasteiger partial charge on any atom is -0.489 e. The maximum absolute atomic E-state index is 11.7. The Balaban J connectivity index is 1.87. The van der Waals surface area contributed by atoms with Gasteiger partial charge in [-0.1, -0.05) is 0 Å². The summed E-state index contributed by atoms with van der Waals surface area (Å²) in [5, 5.41) is 3.40. The molecular formula is C14H24N4O3. The van der Waals surface area contributed by atoms with Gasteiger partial charge in [-0.05, 0) is 25.3 Å². The van der Waals surface area contributed by atoms with Gasteiger partial charge >= 0.3 is 0 Å². The van der Waals surface area contributed by atoms with Gasteiger partial charge in [-0.3, -0.25) is 4.79 Å². The Kier molecular flexibility index (Phi) is 6.01. The van der Waals surface area contributed by atoms with E-state index in [9.17, 15) is 4.79 Å². The third-order valence-electron chi connectivity index (χ3n) is 3.83. The molecule has 0 atom stereocenters. The quantitative estimate of drug-likeness (QED) is 0.701. The minimum absolute atomic E-state index is 0.231. The number of aromatic amines is 1. The van der Waals surface area contributed by atoms with Gasteiger partial charge in [-0.25, -0.2) is 4.98 Å². The van der Waals surface area contributed by atoms with Crippen LogP contribution >= 0.6 is 0 Å². The first-order valence-corrected chi connectivity index (χ1v) is 7.32. The highest BCUT2D eigenvalue weighted by molar-refractivity contribution is 5.50. The molecule has 0 aliphatic carbocycles. The Labute approximate surface area is 124 Å². The van der Waals surface area contributed by atoms with Crippen LogP contribution in [0.4, 0.5) is 5.82 Å². The minimum atomic E-state index is -0.231. The van der Waals surface area contributed by atoms with E-state index in [0.29, 0.717) is 17.5 Å². The van der Waals surface area contributed by atoms with Crippen molar-refractivity contribution in [2.24, 2.45) is 5.92 Å². The predicted octanol–water partition coefficient (Wildman–Crippen LogP) is 0.231. The van der Waals surface area contributed by atoms with E-state index in [0.717, 1.165) is 45.6 Å². The van der Waals surface area contributed by atoms with Crippen molar-refractivity contribution in [3.05, 3.63) is 16.7 Å². The summed E-state index contributed by atoms with van der Waals surface area (Å²) >= 11 is 0. The number of hydrogen-bond acceptors (Lipinski definition) is 6. The Morgan fingerprint density at radius 1 is 1.43 bits per heavy atom. The van der Waals surface area contributed by atoms with Gasteiger partial charge in [0, 0.05) is 26.7 Å². The summed E-state index contributed by atoms with van der Waals surface area (Å²) in [5.41, 5.74) is -0.231. The van der Waals surface area contributed by atoms with Crippen LogP contribution in [-0.4, -0.2) is 57.0 Å². The zero-order valence-corrected chi connectivity index (χ0v) is 12.7. The van der Waals surface area contributed by atoms with E-state index in [-0.39, 0.29) is 5.56 Å². The fourth-order valence-corrected chi connectivity index (χ4v) is 2.62. The van der Waals surface area contributed by atoms with Crippen LogP contribution in [0.5, 0.6) is 5.75 Å². The number of nitrogens with one attached hydrogen (secondary N) is 2. The van der Waals surface area contributed by atoms with Crippen LogP contribution in [0.15, 0.2) is 11.1 Å². The van der Waals surface area contributed by atoms with Crippen LogP contribution in [0.1, 0.15) is 12.8 Å². The lowest BCUT2D eigenvalue weighted by atomic mass is 9.97. The number of piperidine rings is 1. The molecule has 1 aromatic rings. The molecule has 2 rings (SSSR count). The van der Waals surface area contributed by atoms with Crippen LogP contribution in [0.3, 0.4) is 0 Å². The lowest BCUT2D eigenvalue weighted by Gasteiger charge is -2.33. The Morgan fingerprint density at radius 3 is 2.86 bits per heavy atom. The molecular weight excluding hydrogens is 272 g/mol. The summed E-state index contributed by atoms with van der Waals surface area (Å²) < 4.78 is 10.2. The van der Waals surface area contributed by atoms with Crippen molar-refractivity contribution in [3.8, 4) is 5.75 Å². The predicted molar refractivity (Wildman–Crippen MR) is 81.1 cm³/mol. The highest BCUT2D eigenvalue weighted by Gasteiger charge is 2.23. The number of H-pyrrole nitrogens is 1. The van der Waals surface area contributed by atoms with Gasteiger partial charge in [0.05, 0.1) is 20.0 Å². The van der Waals surface area contributed by atoms with Gasteiger partial charge in [0.15, 0.2) is 5.82 Å². The van der Waals surface area contributed by atoms with Crippen LogP contribution in [0.2, 0.25) is 0 Å². The first-order valence-electron chi connectivity index (χ1n) is 7.32. The van der Waals surface area contributed by atoms with Crippen molar-refractivity contribution in [3.63, 3.8) is 0 Å². The van der Waals surface area contributed by atoms with Gasteiger partial charge in [0.1, 0.15) is 0 Å². The second-order valence-corrected chi connectivity index (χ2v) is 5.22. The van der Waals surface area contributed by atoms with Crippen molar-refractivity contribution in [2.75, 3.05) is 51.9 Å². The summed E-state index contributed by atoms with van der Waals surface area (Å²) in [4.78, 5) is 20.6. The van der Waals surface area contributed by atoms with Crippen molar-refractivity contribution in [1.29, 1.82) is 0 Å². The van der Waals surface area contributed by atoms with Crippen molar-refractivity contribution >= 4 is 5.82 Å². The monoisotopic (exact) mass is 296 g/mol. The fraction of sp³-hybridized carbons (Fsp3) is 0.714. The van der Waals surface area contributed by atoms with Gasteiger partial charge in [-0.2, -0.15) is 0 Å². The molecule has 0 bridgehead atoms. The smallest absolute Gasteiger partial charge is 0.295 e. The van der Waals surface area contributed by atoms with E-state index < -0.39 is 0 Å². The molecule has 0 radical (unpaired) electrons. The summed E-state index contributed by atoms with van der Waals surface area (Å²) in [6.07, 6.45) is 3.59. The van der Waals surface area contributed by atoms with E-state index in [1.807, 2.05) is 0 Å². The second-order valence-electron chi connectivity index (χ2n) is 5.22. The molecule has 0 amide bonds. The molecule has 2 N–H and O–H groups in total. The first-order chi connectivity index (χ1) is 10.3. The van der Waals surface area contributed by atoms with Gasteiger partial charge in [0.2, 0.25) is 5.75 Å². The molecule has 0 unspecified atom stereocenters. The number of aromatic nitrogens is 2. The maximum atomic E-state index is 11.7. The van der Waals surface area contributed by atoms with Crippen molar-refractivity contribution in [1.82, 2.24) is 15.3 Å². The average Bonchev–Trinajstić information content (AvgIpc) is 2.52. The molecule has 1 aliphatic rings. The second kappa shape index (κ2) is 7.99. The Hall–Kier alpha value is -1.60. The highest BCUT2D eigenvalue weighted by Crippen LogP contribution is 2.26. The average molecular weight is 296 g/mol. The first kappa shape index (κ1) is 15.8. The van der Waals surface area contributed by atoms with Crippen molar-refractivity contribution < 1.29 is 9.47 Å². The largest absolute Gasteiger partial charge is 0.489 e. The fourth-order valence-electron chi connectivity index (χ4n) is 2.62. The van der Waals surface area contributed by atoms with E-state index >= 15 is 0 Å². The molecule has 1 saturated heterocycles. The Morgan fingerprint density at radius 2 is 2.19 bits per heavy atom. The normalized spacial score (nSPS) is 16.2. The zero-order valence-electron chi connectivity index (χ0n) is 12.7. The SMILES string of the molecule is COCCNCC1CCN(c2nc[nH]c(=O)c2OC)CC1. The number of methoxy groups -OCH3 is 2. The van der Waals surface area contributed by atoms with Gasteiger partial charge < -0.3 is 24.7 Å². The molecule has 21 heavy (non-hydrogen) atoms. The maximum Gasteiger partial charge on any atom is 0.295 e. The lowest BCUT2D eigenvalue weighted by Crippen LogP contribution is -2.39. The molecule has 1 aliphatic heterocycles. The topological polar surface area (TPSA) is 79.5 Å². The standard InChI is InChI=1S/C14H24N4O3/c1-20-8-5-15-9-11-3-6-18(7-4-11)13-12(21-2)14(19)17-10-16-13/h10-11,15H,3-9H2,1-2H3,(H,16,17,19). The molecule has 7 heteroatoms. The van der Waals surface area contributed by atoms with E-state index in [1.54, 1.807) is 7.11 Å². The van der Waals surface area contributed by atoms with Crippen molar-refractivity contribution in [2.45, 2.75) is 12.8 Å². The number of ether oxygens (including phenoxy) is 2. The number of anilines is 1. The van der Waals surface area contributed by atoms with Crippen LogP contribution < -0.4 is 20.5 Å². The molecule has 0 spiro atoms. The number of hydrogen-bond donors (Lipinski definition) is 2. The van der Waals surface area contributed by atoms with Crippen LogP contribution in [-0.2, 0) is 4.74 Å². The Bertz CT molecular complexity index is 483. The number of nitrogens with zero attached hydrogens (tertiary/aromatic N) is 2. The van der Waals surface area contributed by atoms with Crippen LogP contribution in [0, 0.1) is 5.92 Å². The molecule has 118 valence electrons. The van der Waals surface area contributed by atoms with Crippen LogP contribution in [0.25, 0.3) is 0 Å². The number of rotatable bonds is 7. The summed E-state index contributed by atoms with van der Waals surface area (Å²) in [7, 11) is 3.21. The summed E-state index contributed by atoms with van der Waals surface area (Å²) in [6.45, 7) is 4.43. The molecule has 0 saturated carbocycles. The molecule has 0 aromatic carbocycles. The molecule has 2 heterocycles. The van der Waals surface area contributed by atoms with E-state index in [1.165, 1.54) is 13.4 Å². The third kappa shape index (κ3) is 4.18. The van der Waals surface area contributed by atoms with Gasteiger partial charge in [0.25, 0.3) is 5.56 Å². The molecule has 1 fully saturated rings. The molecule has 7 nitrogen and oxygen atoms in total. The highest BCUT2D eigenvalue weighted by atomic mass is 16.5. The molecule has 1 aromatic heterocycles. The summed E-state index contributed by atoms with van der Waals surface area (Å²) in [6, 6.07) is 0. The lowest BCUT2D eigenvalue weighted by molar-refractivity contribution is 0.196. The summed E-state index contributed by atoms with van der Waals surface area (Å²) in [5.74, 6) is 1.60. The van der Waals surface area contributed by atoms with E-state index in [4.69, 9.17) is 9.47 Å². The zero-order chi connectivity index (χ0) is 15.1. The third-order valence-corrected chi connectivity index (χ3v) is 3.83. The van der Waals surface area contributed by atoms with Gasteiger partial charge in [-0.15, -0.1) is 0 Å². The van der Waals surface area contributed by atoms with E-state index in [2.05, 4.69) is 20.2 Å².